The molecule has 0 heterocycles. The number of hydrogen-bond acceptors (Lipinski definition) is 3. The minimum absolute atomic E-state index is 0.240. The number of methoxy groups -OCH3 is 1. The van der Waals surface area contributed by atoms with Gasteiger partial charge in [-0.15, -0.1) is 0 Å². The highest BCUT2D eigenvalue weighted by atomic mass is 16.5. The average Bonchev–Trinajstić information content (AvgIpc) is 2.00. The number of nitrogens with two attached hydrogens (primary N) is 1. The SMILES string of the molecule is CCN(CC(C)N)C(C)COC. The molecular weight excluding hydrogens is 152 g/mol. The molecule has 0 aromatic carbocycles. The lowest BCUT2D eigenvalue weighted by Gasteiger charge is -2.28. The van der Waals surface area contributed by atoms with E-state index in [0.717, 1.165) is 19.7 Å². The van der Waals surface area contributed by atoms with Gasteiger partial charge in [0.2, 0.25) is 0 Å². The first-order valence-electron chi connectivity index (χ1n) is 4.60. The van der Waals surface area contributed by atoms with Crippen LogP contribution in [0.25, 0.3) is 0 Å². The monoisotopic (exact) mass is 174 g/mol. The zero-order valence-electron chi connectivity index (χ0n) is 8.71. The van der Waals surface area contributed by atoms with Gasteiger partial charge in [0.05, 0.1) is 6.61 Å². The van der Waals surface area contributed by atoms with Crippen LogP contribution < -0.4 is 5.73 Å². The quantitative estimate of drug-likeness (QED) is 0.644. The van der Waals surface area contributed by atoms with Crippen molar-refractivity contribution in [2.24, 2.45) is 5.73 Å². The maximum Gasteiger partial charge on any atom is 0.0615 e. The summed E-state index contributed by atoms with van der Waals surface area (Å²) in [5.41, 5.74) is 5.72. The Morgan fingerprint density at radius 1 is 1.42 bits per heavy atom. The van der Waals surface area contributed by atoms with Crippen molar-refractivity contribution in [3.63, 3.8) is 0 Å². The van der Waals surface area contributed by atoms with Crippen LogP contribution in [0.15, 0.2) is 0 Å². The minimum Gasteiger partial charge on any atom is -0.383 e. The van der Waals surface area contributed by atoms with Gasteiger partial charge >= 0.3 is 0 Å². The lowest BCUT2D eigenvalue weighted by molar-refractivity contribution is 0.0997. The van der Waals surface area contributed by atoms with E-state index in [0.29, 0.717) is 6.04 Å². The van der Waals surface area contributed by atoms with Crippen LogP contribution in [0, 0.1) is 0 Å². The molecule has 3 heteroatoms. The molecule has 0 amide bonds. The van der Waals surface area contributed by atoms with Crippen molar-refractivity contribution in [3.05, 3.63) is 0 Å². The number of nitrogens with zero attached hydrogens (tertiary/aromatic N) is 1. The number of likely N-dealkylation sites (N-methyl/N-ethyl adjacent to an activating group) is 1. The van der Waals surface area contributed by atoms with Crippen LogP contribution in [0.2, 0.25) is 0 Å². The highest BCUT2D eigenvalue weighted by molar-refractivity contribution is 4.69. The average molecular weight is 174 g/mol. The molecule has 12 heavy (non-hydrogen) atoms. The summed E-state index contributed by atoms with van der Waals surface area (Å²) in [6.07, 6.45) is 0. The Hall–Kier alpha value is -0.120. The number of hydrogen-bond donors (Lipinski definition) is 1. The van der Waals surface area contributed by atoms with Gasteiger partial charge in [-0.2, -0.15) is 0 Å². The van der Waals surface area contributed by atoms with Gasteiger partial charge in [0.15, 0.2) is 0 Å². The van der Waals surface area contributed by atoms with Crippen LogP contribution in [-0.4, -0.2) is 43.8 Å². The highest BCUT2D eigenvalue weighted by Crippen LogP contribution is 1.99. The molecule has 0 saturated carbocycles. The molecular formula is C9H22N2O. The summed E-state index contributed by atoms with van der Waals surface area (Å²) in [6, 6.07) is 0.704. The predicted molar refractivity (Wildman–Crippen MR) is 52.2 cm³/mol. The highest BCUT2D eigenvalue weighted by Gasteiger charge is 2.12. The second kappa shape index (κ2) is 6.40. The molecule has 0 radical (unpaired) electrons. The smallest absolute Gasteiger partial charge is 0.0615 e. The fourth-order valence-electron chi connectivity index (χ4n) is 1.34. The molecule has 0 aliphatic rings. The van der Waals surface area contributed by atoms with Gasteiger partial charge in [-0.3, -0.25) is 4.90 Å². The van der Waals surface area contributed by atoms with Crippen molar-refractivity contribution in [1.29, 1.82) is 0 Å². The molecule has 0 saturated heterocycles. The Morgan fingerprint density at radius 2 is 2.00 bits per heavy atom. The lowest BCUT2D eigenvalue weighted by Crippen LogP contribution is -2.42. The normalized spacial score (nSPS) is 16.5. The first kappa shape index (κ1) is 11.9. The number of ether oxygens (including phenoxy) is 1. The van der Waals surface area contributed by atoms with Gasteiger partial charge < -0.3 is 10.5 Å². The van der Waals surface area contributed by atoms with Gasteiger partial charge in [0, 0.05) is 25.7 Å². The van der Waals surface area contributed by atoms with Crippen molar-refractivity contribution in [2.45, 2.75) is 32.9 Å². The zero-order valence-corrected chi connectivity index (χ0v) is 8.71. The Labute approximate surface area is 75.9 Å². The van der Waals surface area contributed by atoms with E-state index in [4.69, 9.17) is 10.5 Å². The summed E-state index contributed by atoms with van der Waals surface area (Å²) in [7, 11) is 1.73. The molecule has 3 nitrogen and oxygen atoms in total. The molecule has 74 valence electrons. The Balaban J connectivity index is 3.78. The van der Waals surface area contributed by atoms with E-state index < -0.39 is 0 Å². The molecule has 0 bridgehead atoms. The van der Waals surface area contributed by atoms with Gasteiger partial charge in [-0.05, 0) is 20.4 Å². The maximum atomic E-state index is 5.72. The second-order valence-electron chi connectivity index (χ2n) is 3.37. The molecule has 0 aliphatic carbocycles. The summed E-state index contributed by atoms with van der Waals surface area (Å²) < 4.78 is 5.09. The lowest BCUT2D eigenvalue weighted by atomic mass is 10.2. The molecule has 2 N–H and O–H groups in total. The molecule has 0 spiro atoms. The molecule has 2 atom stereocenters. The predicted octanol–water partition coefficient (Wildman–Crippen LogP) is 0.690. The van der Waals surface area contributed by atoms with E-state index in [9.17, 15) is 0 Å². The van der Waals surface area contributed by atoms with Crippen molar-refractivity contribution in [3.8, 4) is 0 Å². The first-order valence-corrected chi connectivity index (χ1v) is 4.60. The van der Waals surface area contributed by atoms with Crippen molar-refractivity contribution >= 4 is 0 Å². The van der Waals surface area contributed by atoms with Crippen LogP contribution in [0.5, 0.6) is 0 Å². The topological polar surface area (TPSA) is 38.5 Å². The Bertz CT molecular complexity index is 107. The zero-order chi connectivity index (χ0) is 9.56. The fourth-order valence-corrected chi connectivity index (χ4v) is 1.34. The van der Waals surface area contributed by atoms with Gasteiger partial charge in [0.25, 0.3) is 0 Å². The van der Waals surface area contributed by atoms with Gasteiger partial charge in [0.1, 0.15) is 0 Å². The van der Waals surface area contributed by atoms with E-state index >= 15 is 0 Å². The van der Waals surface area contributed by atoms with Crippen molar-refractivity contribution in [2.75, 3.05) is 26.8 Å². The van der Waals surface area contributed by atoms with Crippen molar-refractivity contribution in [1.82, 2.24) is 4.90 Å². The van der Waals surface area contributed by atoms with E-state index in [-0.39, 0.29) is 6.04 Å². The third-order valence-electron chi connectivity index (χ3n) is 1.96. The van der Waals surface area contributed by atoms with E-state index in [1.165, 1.54) is 0 Å². The first-order chi connectivity index (χ1) is 5.61. The molecule has 0 aromatic rings. The summed E-state index contributed by atoms with van der Waals surface area (Å²) in [6.45, 7) is 9.10. The Morgan fingerprint density at radius 3 is 2.33 bits per heavy atom. The van der Waals surface area contributed by atoms with Crippen LogP contribution in [-0.2, 0) is 4.74 Å². The van der Waals surface area contributed by atoms with Crippen molar-refractivity contribution < 1.29 is 4.74 Å². The maximum absolute atomic E-state index is 5.72. The van der Waals surface area contributed by atoms with Crippen LogP contribution in [0.3, 0.4) is 0 Å². The van der Waals surface area contributed by atoms with Gasteiger partial charge in [-0.1, -0.05) is 6.92 Å². The summed E-state index contributed by atoms with van der Waals surface area (Å²) in [5, 5.41) is 0. The summed E-state index contributed by atoms with van der Waals surface area (Å²) in [4.78, 5) is 2.33. The van der Waals surface area contributed by atoms with Crippen LogP contribution in [0.4, 0.5) is 0 Å². The largest absolute Gasteiger partial charge is 0.383 e. The second-order valence-corrected chi connectivity index (χ2v) is 3.37. The van der Waals surface area contributed by atoms with E-state index in [1.54, 1.807) is 7.11 Å². The van der Waals surface area contributed by atoms with E-state index in [1.807, 2.05) is 6.92 Å². The molecule has 0 fully saturated rings. The van der Waals surface area contributed by atoms with Crippen LogP contribution >= 0.6 is 0 Å². The third kappa shape index (κ3) is 4.70. The standard InChI is InChI=1S/C9H22N2O/c1-5-11(6-8(2)10)9(3)7-12-4/h8-9H,5-7,10H2,1-4H3. The van der Waals surface area contributed by atoms with E-state index in [2.05, 4.69) is 18.7 Å². The minimum atomic E-state index is 0.240. The molecule has 0 rings (SSSR count). The fraction of sp³-hybridized carbons (Fsp3) is 1.00. The van der Waals surface area contributed by atoms with Gasteiger partial charge in [-0.25, -0.2) is 0 Å². The Kier molecular flexibility index (Phi) is 6.34. The third-order valence-corrected chi connectivity index (χ3v) is 1.96. The molecule has 0 aromatic heterocycles. The number of rotatable bonds is 6. The molecule has 0 aliphatic heterocycles. The molecule has 2 unspecified atom stereocenters. The van der Waals surface area contributed by atoms with Crippen LogP contribution in [0.1, 0.15) is 20.8 Å². The summed E-state index contributed by atoms with van der Waals surface area (Å²) >= 11 is 0. The summed E-state index contributed by atoms with van der Waals surface area (Å²) in [5.74, 6) is 0.